The predicted octanol–water partition coefficient (Wildman–Crippen LogP) is 1.19. The number of carbonyl (C=O) groups excluding carboxylic acids is 2. The highest BCUT2D eigenvalue weighted by atomic mass is 16.6. The van der Waals surface area contributed by atoms with Gasteiger partial charge in [0.05, 0.1) is 11.5 Å². The minimum atomic E-state index is -0.527. The van der Waals surface area contributed by atoms with Crippen LogP contribution in [0.2, 0.25) is 0 Å². The van der Waals surface area contributed by atoms with Gasteiger partial charge in [0.15, 0.2) is 0 Å². The highest BCUT2D eigenvalue weighted by Gasteiger charge is 2.17. The van der Waals surface area contributed by atoms with Crippen LogP contribution in [0.25, 0.3) is 0 Å². The molecule has 0 fully saturated rings. The maximum atomic E-state index is 12.2. The first-order valence-corrected chi connectivity index (χ1v) is 6.30. The van der Waals surface area contributed by atoms with Crippen LogP contribution in [0.5, 0.6) is 0 Å². The van der Waals surface area contributed by atoms with Gasteiger partial charge >= 0.3 is 0 Å². The Balaban J connectivity index is 2.80. The molecular formula is C13H17N3O4. The van der Waals surface area contributed by atoms with E-state index in [0.29, 0.717) is 18.7 Å². The van der Waals surface area contributed by atoms with Crippen LogP contribution in [0, 0.1) is 10.1 Å². The van der Waals surface area contributed by atoms with Gasteiger partial charge in [-0.3, -0.25) is 19.7 Å². The highest BCUT2D eigenvalue weighted by molar-refractivity contribution is 5.96. The Morgan fingerprint density at radius 2 is 1.85 bits per heavy atom. The molecule has 20 heavy (non-hydrogen) atoms. The smallest absolute Gasteiger partial charge is 0.269 e. The number of nitrogens with zero attached hydrogens (tertiary/aromatic N) is 2. The molecular weight excluding hydrogens is 262 g/mol. The number of amides is 2. The van der Waals surface area contributed by atoms with Crippen molar-refractivity contribution in [1.82, 2.24) is 10.2 Å². The van der Waals surface area contributed by atoms with Crippen LogP contribution >= 0.6 is 0 Å². The maximum absolute atomic E-state index is 12.2. The molecule has 0 saturated carbocycles. The van der Waals surface area contributed by atoms with Gasteiger partial charge in [-0.05, 0) is 26.0 Å². The largest absolute Gasteiger partial charge is 0.355 e. The molecule has 0 aliphatic rings. The van der Waals surface area contributed by atoms with Gasteiger partial charge < -0.3 is 10.2 Å². The van der Waals surface area contributed by atoms with Crippen LogP contribution in [0.15, 0.2) is 24.3 Å². The lowest BCUT2D eigenvalue weighted by Crippen LogP contribution is -2.40. The molecule has 0 aliphatic heterocycles. The second-order valence-electron chi connectivity index (χ2n) is 4.08. The first-order valence-electron chi connectivity index (χ1n) is 6.30. The fourth-order valence-electron chi connectivity index (χ4n) is 1.66. The Hall–Kier alpha value is -2.44. The molecule has 0 aliphatic carbocycles. The van der Waals surface area contributed by atoms with Crippen LogP contribution < -0.4 is 5.32 Å². The van der Waals surface area contributed by atoms with Crippen LogP contribution in [0.1, 0.15) is 24.2 Å². The molecule has 7 nitrogen and oxygen atoms in total. The first kappa shape index (κ1) is 15.6. The van der Waals surface area contributed by atoms with E-state index in [1.165, 1.54) is 29.2 Å². The Labute approximate surface area is 116 Å². The summed E-state index contributed by atoms with van der Waals surface area (Å²) in [5.74, 6) is -0.557. The first-order chi connectivity index (χ1) is 9.49. The van der Waals surface area contributed by atoms with Crippen molar-refractivity contribution in [3.8, 4) is 0 Å². The van der Waals surface area contributed by atoms with Gasteiger partial charge in [-0.25, -0.2) is 0 Å². The predicted molar refractivity (Wildman–Crippen MR) is 73.4 cm³/mol. The number of hydrogen-bond acceptors (Lipinski definition) is 4. The molecule has 0 atom stereocenters. The minimum Gasteiger partial charge on any atom is -0.355 e. The summed E-state index contributed by atoms with van der Waals surface area (Å²) in [6.07, 6.45) is 0. The fourth-order valence-corrected chi connectivity index (χ4v) is 1.66. The van der Waals surface area contributed by atoms with Crippen LogP contribution in [0.3, 0.4) is 0 Å². The Morgan fingerprint density at radius 3 is 2.30 bits per heavy atom. The third kappa shape index (κ3) is 4.04. The lowest BCUT2D eigenvalue weighted by Gasteiger charge is -2.20. The summed E-state index contributed by atoms with van der Waals surface area (Å²) in [5, 5.41) is 13.2. The third-order valence-electron chi connectivity index (χ3n) is 2.70. The van der Waals surface area contributed by atoms with Crippen molar-refractivity contribution in [3.63, 3.8) is 0 Å². The minimum absolute atomic E-state index is 0.0276. The lowest BCUT2D eigenvalue weighted by atomic mass is 10.2. The molecule has 0 bridgehead atoms. The van der Waals surface area contributed by atoms with Gasteiger partial charge in [0, 0.05) is 30.8 Å². The molecule has 1 aromatic rings. The normalized spacial score (nSPS) is 9.90. The summed E-state index contributed by atoms with van der Waals surface area (Å²) in [6.45, 7) is 4.42. The van der Waals surface area contributed by atoms with E-state index < -0.39 is 4.92 Å². The van der Waals surface area contributed by atoms with E-state index in [-0.39, 0.29) is 24.0 Å². The molecule has 1 rings (SSSR count). The van der Waals surface area contributed by atoms with Crippen LogP contribution in [-0.2, 0) is 4.79 Å². The van der Waals surface area contributed by atoms with Gasteiger partial charge in [0.2, 0.25) is 5.91 Å². The average molecular weight is 279 g/mol. The third-order valence-corrected chi connectivity index (χ3v) is 2.70. The van der Waals surface area contributed by atoms with Gasteiger partial charge in [-0.2, -0.15) is 0 Å². The van der Waals surface area contributed by atoms with Crippen LogP contribution in [0.4, 0.5) is 5.69 Å². The number of nitro benzene ring substituents is 1. The van der Waals surface area contributed by atoms with Crippen molar-refractivity contribution in [1.29, 1.82) is 0 Å². The molecule has 0 spiro atoms. The number of rotatable bonds is 6. The van der Waals surface area contributed by atoms with Crippen molar-refractivity contribution >= 4 is 17.5 Å². The number of nitrogens with one attached hydrogen (secondary N) is 1. The maximum Gasteiger partial charge on any atom is 0.269 e. The van der Waals surface area contributed by atoms with E-state index in [2.05, 4.69) is 5.32 Å². The molecule has 1 N–H and O–H groups in total. The van der Waals surface area contributed by atoms with Crippen LogP contribution in [-0.4, -0.2) is 41.3 Å². The molecule has 0 aromatic heterocycles. The van der Waals surface area contributed by atoms with E-state index in [1.807, 2.05) is 0 Å². The van der Waals surface area contributed by atoms with Crippen molar-refractivity contribution in [3.05, 3.63) is 39.9 Å². The SMILES string of the molecule is CCNC(=O)CN(CC)C(=O)c1ccc([N+](=O)[O-])cc1. The number of nitro groups is 1. The number of non-ortho nitro benzene ring substituents is 1. The molecule has 0 heterocycles. The topological polar surface area (TPSA) is 92.6 Å². The van der Waals surface area contributed by atoms with E-state index >= 15 is 0 Å². The number of likely N-dealkylation sites (N-methyl/N-ethyl adjacent to an activating group) is 2. The highest BCUT2D eigenvalue weighted by Crippen LogP contribution is 2.13. The van der Waals surface area contributed by atoms with Gasteiger partial charge in [0.1, 0.15) is 0 Å². The van der Waals surface area contributed by atoms with E-state index in [1.54, 1.807) is 13.8 Å². The van der Waals surface area contributed by atoms with Crippen molar-refractivity contribution < 1.29 is 14.5 Å². The Bertz CT molecular complexity index is 499. The molecule has 2 amide bonds. The number of benzene rings is 1. The molecule has 0 unspecified atom stereocenters. The Morgan fingerprint density at radius 1 is 1.25 bits per heavy atom. The van der Waals surface area contributed by atoms with E-state index in [4.69, 9.17) is 0 Å². The molecule has 0 radical (unpaired) electrons. The zero-order chi connectivity index (χ0) is 15.1. The summed E-state index contributed by atoms with van der Waals surface area (Å²) in [5.41, 5.74) is 0.245. The summed E-state index contributed by atoms with van der Waals surface area (Å²) < 4.78 is 0. The Kier molecular flexibility index (Phi) is 5.64. The molecule has 1 aromatic carbocycles. The number of carbonyl (C=O) groups is 2. The number of hydrogen-bond donors (Lipinski definition) is 1. The van der Waals surface area contributed by atoms with Crippen molar-refractivity contribution in [2.75, 3.05) is 19.6 Å². The van der Waals surface area contributed by atoms with Gasteiger partial charge in [-0.15, -0.1) is 0 Å². The summed E-state index contributed by atoms with van der Waals surface area (Å²) in [4.78, 5) is 35.1. The molecule has 0 saturated heterocycles. The van der Waals surface area contributed by atoms with E-state index in [9.17, 15) is 19.7 Å². The van der Waals surface area contributed by atoms with Crippen molar-refractivity contribution in [2.24, 2.45) is 0 Å². The molecule has 7 heteroatoms. The zero-order valence-electron chi connectivity index (χ0n) is 11.5. The zero-order valence-corrected chi connectivity index (χ0v) is 11.5. The standard InChI is InChI=1S/C13H17N3O4/c1-3-14-12(17)9-15(4-2)13(18)10-5-7-11(8-6-10)16(19)20/h5-8H,3-4,9H2,1-2H3,(H,14,17). The fraction of sp³-hybridized carbons (Fsp3) is 0.385. The summed E-state index contributed by atoms with van der Waals surface area (Å²) in [6, 6.07) is 5.32. The lowest BCUT2D eigenvalue weighted by molar-refractivity contribution is -0.384. The second-order valence-corrected chi connectivity index (χ2v) is 4.08. The van der Waals surface area contributed by atoms with E-state index in [0.717, 1.165) is 0 Å². The molecule has 108 valence electrons. The average Bonchev–Trinajstić information content (AvgIpc) is 2.44. The second kappa shape index (κ2) is 7.22. The monoisotopic (exact) mass is 279 g/mol. The van der Waals surface area contributed by atoms with Crippen molar-refractivity contribution in [2.45, 2.75) is 13.8 Å². The summed E-state index contributed by atoms with van der Waals surface area (Å²) >= 11 is 0. The van der Waals surface area contributed by atoms with Gasteiger partial charge in [0.25, 0.3) is 11.6 Å². The quantitative estimate of drug-likeness (QED) is 0.625. The van der Waals surface area contributed by atoms with Gasteiger partial charge in [-0.1, -0.05) is 0 Å². The summed E-state index contributed by atoms with van der Waals surface area (Å²) in [7, 11) is 0.